The van der Waals surface area contributed by atoms with E-state index in [0.717, 1.165) is 0 Å². The lowest BCUT2D eigenvalue weighted by molar-refractivity contribution is -0.414. The lowest BCUT2D eigenvalue weighted by Gasteiger charge is -2.38. The van der Waals surface area contributed by atoms with Gasteiger partial charge in [0.2, 0.25) is 0 Å². The van der Waals surface area contributed by atoms with Gasteiger partial charge in [-0.15, -0.1) is 0 Å². The summed E-state index contributed by atoms with van der Waals surface area (Å²) in [6.45, 7) is -2.96. The van der Waals surface area contributed by atoms with Crippen LogP contribution in [0.3, 0.4) is 0 Å². The van der Waals surface area contributed by atoms with Crippen molar-refractivity contribution in [2.75, 3.05) is 6.61 Å². The molecule has 23 heavy (non-hydrogen) atoms. The second-order valence-corrected chi connectivity index (χ2v) is 5.19. The van der Waals surface area contributed by atoms with Crippen molar-refractivity contribution in [1.82, 2.24) is 0 Å². The molecule has 1 unspecified atom stereocenters. The molecule has 0 saturated heterocycles. The lowest BCUT2D eigenvalue weighted by atomic mass is 9.95. The average Bonchev–Trinajstić information content (AvgIpc) is 2.35. The van der Waals surface area contributed by atoms with Crippen molar-refractivity contribution in [1.29, 1.82) is 0 Å². The fourth-order valence-corrected chi connectivity index (χ4v) is 1.36. The fraction of sp³-hybridized carbons (Fsp3) is 1.00. The van der Waals surface area contributed by atoms with E-state index in [9.17, 15) is 56.9 Å². The molecule has 16 heteroatoms. The molecule has 0 bridgehead atoms. The molecule has 0 N–H and O–H groups in total. The molecule has 1 atom stereocenters. The molecule has 0 aromatic heterocycles. The van der Waals surface area contributed by atoms with Crippen LogP contribution >= 0.6 is 10.7 Å². The molecule has 0 amide bonds. The Hall–Kier alpha value is -0.440. The molecular weight excluding hydrogens is 412 g/mol. The predicted molar refractivity (Wildman–Crippen MR) is 50.7 cm³/mol. The highest BCUT2D eigenvalue weighted by molar-refractivity contribution is 8.04. The highest BCUT2D eigenvalue weighted by Gasteiger charge is 2.87. The molecule has 140 valence electrons. The van der Waals surface area contributed by atoms with Gasteiger partial charge in [-0.1, -0.05) is 0 Å². The van der Waals surface area contributed by atoms with Gasteiger partial charge >= 0.3 is 36.0 Å². The van der Waals surface area contributed by atoms with Crippen LogP contribution in [-0.2, 0) is 14.5 Å². The number of hydrogen-bond donors (Lipinski definition) is 0. The Morgan fingerprint density at radius 1 is 0.826 bits per heavy atom. The van der Waals surface area contributed by atoms with Crippen molar-refractivity contribution < 1.29 is 61.1 Å². The lowest BCUT2D eigenvalue weighted by Crippen LogP contribution is -2.69. The smallest absolute Gasteiger partial charge is 0.271 e. The van der Waals surface area contributed by atoms with Gasteiger partial charge in [0.25, 0.3) is 10.3 Å². The quantitative estimate of drug-likeness (QED) is 0.438. The van der Waals surface area contributed by atoms with Crippen LogP contribution < -0.4 is 0 Å². The number of alkyl halides is 12. The van der Waals surface area contributed by atoms with Crippen LogP contribution in [0.15, 0.2) is 0 Å². The van der Waals surface area contributed by atoms with Crippen molar-refractivity contribution in [2.45, 2.75) is 36.0 Å². The van der Waals surface area contributed by atoms with Crippen LogP contribution in [0.25, 0.3) is 0 Å². The largest absolute Gasteiger partial charge is 0.384 e. The molecule has 0 fully saturated rings. The zero-order chi connectivity index (χ0) is 19.1. The van der Waals surface area contributed by atoms with E-state index >= 15 is 0 Å². The maximum atomic E-state index is 12.9. The van der Waals surface area contributed by atoms with Crippen LogP contribution in [-0.4, -0.2) is 46.9 Å². The summed E-state index contributed by atoms with van der Waals surface area (Å²) in [5, 5.41) is 0. The Morgan fingerprint density at radius 2 is 1.22 bits per heavy atom. The van der Waals surface area contributed by atoms with Gasteiger partial charge in [0.1, 0.15) is 6.61 Å². The molecule has 0 radical (unpaired) electrons. The third kappa shape index (κ3) is 3.65. The van der Waals surface area contributed by atoms with E-state index in [0.29, 0.717) is 0 Å². The molecular formula is C7H3ClF12O2S. The van der Waals surface area contributed by atoms with Gasteiger partial charge in [-0.25, -0.2) is 13.0 Å². The van der Waals surface area contributed by atoms with Crippen LogP contribution in [0.2, 0.25) is 0 Å². The van der Waals surface area contributed by atoms with Crippen LogP contribution in [0.5, 0.6) is 0 Å². The Balaban J connectivity index is 5.91. The Labute approximate surface area is 125 Å². The second-order valence-electron chi connectivity index (χ2n) is 3.81. The van der Waals surface area contributed by atoms with Crippen LogP contribution in [0.4, 0.5) is 52.7 Å². The number of rotatable bonds is 8. The predicted octanol–water partition coefficient (Wildman–Crippen LogP) is 4.26. The van der Waals surface area contributed by atoms with E-state index in [4.69, 9.17) is 0 Å². The third-order valence-electron chi connectivity index (χ3n) is 2.27. The molecule has 0 aromatic rings. The van der Waals surface area contributed by atoms with E-state index in [1.165, 1.54) is 0 Å². The van der Waals surface area contributed by atoms with E-state index in [-0.39, 0.29) is 0 Å². The molecule has 0 spiro atoms. The van der Waals surface area contributed by atoms with Crippen LogP contribution in [0, 0.1) is 0 Å². The molecule has 0 aliphatic carbocycles. The summed E-state index contributed by atoms with van der Waals surface area (Å²) in [6.07, 6.45) is -5.57. The van der Waals surface area contributed by atoms with Gasteiger partial charge < -0.3 is 0 Å². The number of halogens is 13. The average molecular weight is 415 g/mol. The van der Waals surface area contributed by atoms with Gasteiger partial charge in [-0.05, 0) is 0 Å². The summed E-state index contributed by atoms with van der Waals surface area (Å²) in [5.74, 6) is -35.9. The first-order valence-corrected chi connectivity index (χ1v) is 6.65. The molecule has 0 aliphatic rings. The topological polar surface area (TPSA) is 26.3 Å². The first kappa shape index (κ1) is 22.6. The highest BCUT2D eigenvalue weighted by Crippen LogP contribution is 2.58. The zero-order valence-corrected chi connectivity index (χ0v) is 11.5. The minimum atomic E-state index is -7.64. The molecule has 0 saturated carbocycles. The minimum Gasteiger partial charge on any atom is -0.271 e. The normalized spacial score (nSPS) is 16.8. The minimum absolute atomic E-state index is 2.96. The Kier molecular flexibility index (Phi) is 6.34. The van der Waals surface area contributed by atoms with E-state index in [1.807, 2.05) is 0 Å². The van der Waals surface area contributed by atoms with Crippen molar-refractivity contribution >= 4 is 21.0 Å². The van der Waals surface area contributed by atoms with Crippen LogP contribution in [0.1, 0.15) is 0 Å². The molecule has 0 rings (SSSR count). The zero-order valence-electron chi connectivity index (χ0n) is 9.92. The van der Waals surface area contributed by atoms with Gasteiger partial charge in [0.05, 0.1) is 0 Å². The van der Waals surface area contributed by atoms with Gasteiger partial charge in [0, 0.05) is 10.7 Å². The molecule has 0 heterocycles. The second kappa shape index (κ2) is 6.46. The summed E-state index contributed by atoms with van der Waals surface area (Å²) < 4.78 is 164. The number of hydrogen-bond acceptors (Lipinski definition) is 2. The summed E-state index contributed by atoms with van der Waals surface area (Å²) in [4.78, 5) is 0. The SMILES string of the molecule is O=S(Cl)OCC(F)(F)C(F)(F)C(F)(F)C(F)(F)C(F)(F)C(F)F. The third-order valence-corrected chi connectivity index (χ3v) is 2.84. The van der Waals surface area contributed by atoms with E-state index < -0.39 is 52.9 Å². The van der Waals surface area contributed by atoms with Gasteiger partial charge in [-0.2, -0.15) is 43.9 Å². The summed E-state index contributed by atoms with van der Waals surface area (Å²) in [7, 11) is 1.11. The summed E-state index contributed by atoms with van der Waals surface area (Å²) in [6, 6.07) is 0. The van der Waals surface area contributed by atoms with Crippen molar-refractivity contribution in [3.63, 3.8) is 0 Å². The summed E-state index contributed by atoms with van der Waals surface area (Å²) >= 11 is 0. The maximum absolute atomic E-state index is 12.9. The maximum Gasteiger partial charge on any atom is 0.384 e. The van der Waals surface area contributed by atoms with Gasteiger partial charge in [-0.3, -0.25) is 4.18 Å². The first-order valence-electron chi connectivity index (χ1n) is 4.74. The standard InChI is InChI=1S/C7H3ClF12O2S/c8-23(21)22-1-3(11,12)5(15,16)7(19,20)6(17,18)4(13,14)2(9)10/h2H,1H2. The van der Waals surface area contributed by atoms with E-state index in [2.05, 4.69) is 14.9 Å². The Bertz CT molecular complexity index is 453. The molecule has 0 aliphatic heterocycles. The molecule has 0 aromatic carbocycles. The summed E-state index contributed by atoms with van der Waals surface area (Å²) in [5.41, 5.74) is 0. The Morgan fingerprint density at radius 3 is 1.52 bits per heavy atom. The van der Waals surface area contributed by atoms with Gasteiger partial charge in [0.15, 0.2) is 0 Å². The van der Waals surface area contributed by atoms with Crippen molar-refractivity contribution in [2.24, 2.45) is 0 Å². The molecule has 2 nitrogen and oxygen atoms in total. The first-order chi connectivity index (χ1) is 9.86. The fourth-order valence-electron chi connectivity index (χ4n) is 0.984. The monoisotopic (exact) mass is 414 g/mol. The van der Waals surface area contributed by atoms with Crippen molar-refractivity contribution in [3.05, 3.63) is 0 Å². The highest BCUT2D eigenvalue weighted by atomic mass is 35.7. The van der Waals surface area contributed by atoms with E-state index in [1.54, 1.807) is 0 Å². The van der Waals surface area contributed by atoms with Crippen molar-refractivity contribution in [3.8, 4) is 0 Å².